The van der Waals surface area contributed by atoms with E-state index in [1.54, 1.807) is 12.5 Å². The van der Waals surface area contributed by atoms with Crippen LogP contribution in [0.3, 0.4) is 0 Å². The van der Waals surface area contributed by atoms with Crippen molar-refractivity contribution in [2.24, 2.45) is 0 Å². The van der Waals surface area contributed by atoms with Crippen molar-refractivity contribution < 1.29 is 0 Å². The molecule has 1 unspecified atom stereocenters. The number of nitrogens with zero attached hydrogens (tertiary/aromatic N) is 3. The zero-order chi connectivity index (χ0) is 14.1. The van der Waals surface area contributed by atoms with Gasteiger partial charge in [-0.25, -0.2) is 9.97 Å². The van der Waals surface area contributed by atoms with Crippen molar-refractivity contribution in [1.29, 1.82) is 0 Å². The lowest BCUT2D eigenvalue weighted by atomic mass is 9.71. The Bertz CT molecular complexity index is 735. The third-order valence-electron chi connectivity index (χ3n) is 4.08. The predicted octanol–water partition coefficient (Wildman–Crippen LogP) is 2.76. The highest BCUT2D eigenvalue weighted by molar-refractivity contribution is 5.61. The molecule has 0 spiro atoms. The summed E-state index contributed by atoms with van der Waals surface area (Å²) in [7, 11) is 0. The molecule has 4 heteroatoms. The quantitative estimate of drug-likeness (QED) is 0.781. The zero-order valence-corrected chi connectivity index (χ0v) is 11.4. The summed E-state index contributed by atoms with van der Waals surface area (Å²) in [6.45, 7) is 0. The Morgan fingerprint density at radius 1 is 1.10 bits per heavy atom. The molecule has 21 heavy (non-hydrogen) atoms. The van der Waals surface area contributed by atoms with Crippen molar-refractivity contribution in [2.75, 3.05) is 0 Å². The second kappa shape index (κ2) is 4.66. The fraction of sp³-hybridized carbons (Fsp3) is 0.118. The van der Waals surface area contributed by atoms with Gasteiger partial charge in [0.1, 0.15) is 6.33 Å². The maximum atomic E-state index is 4.51. The highest BCUT2D eigenvalue weighted by Gasteiger charge is 2.36. The van der Waals surface area contributed by atoms with Crippen LogP contribution in [0.2, 0.25) is 0 Å². The van der Waals surface area contributed by atoms with Crippen LogP contribution in [0.1, 0.15) is 22.5 Å². The van der Waals surface area contributed by atoms with Gasteiger partial charge in [0.25, 0.3) is 0 Å². The number of hydrogen-bond acceptors (Lipinski definition) is 3. The molecule has 0 saturated heterocycles. The molecule has 4 rings (SSSR count). The average Bonchev–Trinajstić information content (AvgIpc) is 3.03. The van der Waals surface area contributed by atoms with E-state index >= 15 is 0 Å². The maximum absolute atomic E-state index is 4.51. The number of rotatable bonds is 2. The fourth-order valence-corrected chi connectivity index (χ4v) is 2.99. The van der Waals surface area contributed by atoms with Crippen molar-refractivity contribution in [3.05, 3.63) is 83.7 Å². The number of nitrogens with one attached hydrogen (secondary N) is 1. The molecule has 1 N–H and O–H groups in total. The van der Waals surface area contributed by atoms with Gasteiger partial charge in [-0.05, 0) is 11.6 Å². The van der Waals surface area contributed by atoms with E-state index in [0.29, 0.717) is 0 Å². The molecule has 1 aromatic carbocycles. The number of hydrogen-bond donors (Lipinski definition) is 1. The zero-order valence-electron chi connectivity index (χ0n) is 11.4. The molecule has 1 atom stereocenters. The lowest BCUT2D eigenvalue weighted by Crippen LogP contribution is -2.31. The van der Waals surface area contributed by atoms with Gasteiger partial charge < -0.3 is 0 Å². The van der Waals surface area contributed by atoms with Crippen LogP contribution in [-0.4, -0.2) is 20.2 Å². The van der Waals surface area contributed by atoms with Crippen LogP contribution < -0.4 is 0 Å². The second-order valence-corrected chi connectivity index (χ2v) is 5.25. The van der Waals surface area contributed by atoms with Gasteiger partial charge in [-0.15, -0.1) is 0 Å². The first-order chi connectivity index (χ1) is 10.4. The average molecular weight is 274 g/mol. The van der Waals surface area contributed by atoms with Gasteiger partial charge in [0.05, 0.1) is 17.3 Å². The van der Waals surface area contributed by atoms with Crippen molar-refractivity contribution in [3.8, 4) is 0 Å². The summed E-state index contributed by atoms with van der Waals surface area (Å²) in [5.41, 5.74) is 4.24. The largest absolute Gasteiger partial charge is 0.282 e. The first-order valence-electron chi connectivity index (χ1n) is 6.92. The van der Waals surface area contributed by atoms with Crippen molar-refractivity contribution in [1.82, 2.24) is 20.2 Å². The summed E-state index contributed by atoms with van der Waals surface area (Å²) in [5.74, 6) is 0. The number of aromatic nitrogens is 4. The van der Waals surface area contributed by atoms with E-state index in [1.165, 1.54) is 5.56 Å². The first-order valence-corrected chi connectivity index (χ1v) is 6.92. The maximum Gasteiger partial charge on any atom is 0.115 e. The van der Waals surface area contributed by atoms with Crippen LogP contribution in [0.4, 0.5) is 0 Å². The Morgan fingerprint density at radius 3 is 2.81 bits per heavy atom. The smallest absolute Gasteiger partial charge is 0.115 e. The van der Waals surface area contributed by atoms with Crippen LogP contribution in [0.25, 0.3) is 6.08 Å². The molecule has 0 fully saturated rings. The molecule has 102 valence electrons. The molecule has 1 aliphatic carbocycles. The summed E-state index contributed by atoms with van der Waals surface area (Å²) in [6.07, 6.45) is 10.4. The molecule has 0 saturated carbocycles. The number of aromatic amines is 1. The Kier molecular flexibility index (Phi) is 2.67. The van der Waals surface area contributed by atoms with Gasteiger partial charge in [0, 0.05) is 23.9 Å². The van der Waals surface area contributed by atoms with E-state index in [9.17, 15) is 0 Å². The number of H-pyrrole nitrogens is 1. The van der Waals surface area contributed by atoms with E-state index in [0.717, 1.165) is 23.4 Å². The van der Waals surface area contributed by atoms with Crippen molar-refractivity contribution >= 4 is 6.08 Å². The van der Waals surface area contributed by atoms with Crippen molar-refractivity contribution in [2.45, 2.75) is 11.8 Å². The topological polar surface area (TPSA) is 54.5 Å². The van der Waals surface area contributed by atoms with Crippen LogP contribution in [-0.2, 0) is 11.8 Å². The lowest BCUT2D eigenvalue weighted by Gasteiger charge is -2.33. The Morgan fingerprint density at radius 2 is 2.00 bits per heavy atom. The highest BCUT2D eigenvalue weighted by Crippen LogP contribution is 2.39. The molecule has 2 heterocycles. The fourth-order valence-electron chi connectivity index (χ4n) is 2.99. The van der Waals surface area contributed by atoms with Gasteiger partial charge in [0.15, 0.2) is 0 Å². The molecule has 2 aromatic heterocycles. The van der Waals surface area contributed by atoms with Gasteiger partial charge in [-0.1, -0.05) is 42.5 Å². The van der Waals surface area contributed by atoms with E-state index in [4.69, 9.17) is 0 Å². The molecule has 3 aromatic rings. The van der Waals surface area contributed by atoms with Crippen LogP contribution in [0.15, 0.2) is 61.2 Å². The Hall–Kier alpha value is -2.75. The molecule has 0 amide bonds. The Balaban J connectivity index is 1.93. The summed E-state index contributed by atoms with van der Waals surface area (Å²) in [5, 5.41) is 7.25. The summed E-state index contributed by atoms with van der Waals surface area (Å²) in [4.78, 5) is 8.56. The molecular formula is C17H14N4. The van der Waals surface area contributed by atoms with Gasteiger partial charge in [0.2, 0.25) is 0 Å². The number of fused-ring (bicyclic) bond motifs is 1. The minimum absolute atomic E-state index is 0.274. The molecule has 4 nitrogen and oxygen atoms in total. The monoisotopic (exact) mass is 274 g/mol. The molecular weight excluding hydrogens is 260 g/mol. The van der Waals surface area contributed by atoms with Crippen molar-refractivity contribution in [3.63, 3.8) is 0 Å². The van der Waals surface area contributed by atoms with E-state index in [-0.39, 0.29) is 5.41 Å². The summed E-state index contributed by atoms with van der Waals surface area (Å²) >= 11 is 0. The summed E-state index contributed by atoms with van der Waals surface area (Å²) in [6, 6.07) is 12.4. The Labute approximate surface area is 122 Å². The van der Waals surface area contributed by atoms with Gasteiger partial charge in [-0.3, -0.25) is 5.10 Å². The molecule has 0 bridgehead atoms. The first kappa shape index (κ1) is 12.0. The normalized spacial score (nSPS) is 20.2. The predicted molar refractivity (Wildman–Crippen MR) is 80.6 cm³/mol. The standard InChI is InChI=1S/C17H14N4/c1-2-4-14(5-3-1)17(16-7-9-18-12-19-16)8-6-13-11-20-21-15(13)10-17/h1-9,11-12H,10H2,(H,20,21). The van der Waals surface area contributed by atoms with Crippen LogP contribution in [0, 0.1) is 0 Å². The third-order valence-corrected chi connectivity index (χ3v) is 4.08. The molecule has 0 radical (unpaired) electrons. The van der Waals surface area contributed by atoms with E-state index in [1.807, 2.05) is 18.3 Å². The van der Waals surface area contributed by atoms with Crippen LogP contribution in [0.5, 0.6) is 0 Å². The number of benzene rings is 1. The highest BCUT2D eigenvalue weighted by atomic mass is 15.1. The molecule has 0 aliphatic heterocycles. The minimum Gasteiger partial charge on any atom is -0.282 e. The SMILES string of the molecule is C1=CC(c2ccccc2)(c2ccncn2)Cc2[nH]ncc21. The van der Waals surface area contributed by atoms with E-state index < -0.39 is 0 Å². The second-order valence-electron chi connectivity index (χ2n) is 5.25. The summed E-state index contributed by atoms with van der Waals surface area (Å²) < 4.78 is 0. The molecule has 1 aliphatic rings. The lowest BCUT2D eigenvalue weighted by molar-refractivity contribution is 0.598. The minimum atomic E-state index is -0.274. The van der Waals surface area contributed by atoms with E-state index in [2.05, 4.69) is 56.6 Å². The van der Waals surface area contributed by atoms with Gasteiger partial charge in [-0.2, -0.15) is 5.10 Å². The van der Waals surface area contributed by atoms with Crippen LogP contribution >= 0.6 is 0 Å². The third kappa shape index (κ3) is 1.88. The number of allylic oxidation sites excluding steroid dienone is 1. The van der Waals surface area contributed by atoms with Gasteiger partial charge >= 0.3 is 0 Å².